The summed E-state index contributed by atoms with van der Waals surface area (Å²) in [5.41, 5.74) is 0.719. The number of fused-ring (bicyclic) bond motifs is 1. The summed E-state index contributed by atoms with van der Waals surface area (Å²) in [5.74, 6) is 0.461. The number of rotatable bonds is 5. The van der Waals surface area contributed by atoms with Crippen molar-refractivity contribution in [2.24, 2.45) is 0 Å². The summed E-state index contributed by atoms with van der Waals surface area (Å²) in [6, 6.07) is 3.70. The molecule has 0 atom stereocenters. The summed E-state index contributed by atoms with van der Waals surface area (Å²) >= 11 is 3.34. The maximum atomic E-state index is 10.8. The first-order chi connectivity index (χ1) is 8.44. The SMILES string of the molecule is CS(=O)(=O)NCCNc1nc2ccc(Br)cn2n1. The standard InChI is InChI=1S/C9H12BrN5O2S/c1-18(16,17)12-5-4-11-9-13-8-3-2-7(10)6-15(8)14-9/h2-3,6,12H,4-5H2,1H3,(H,11,14). The van der Waals surface area contributed by atoms with Gasteiger partial charge in [-0.1, -0.05) is 0 Å². The van der Waals surface area contributed by atoms with Gasteiger partial charge in [0.2, 0.25) is 16.0 Å². The van der Waals surface area contributed by atoms with Crippen LogP contribution >= 0.6 is 15.9 Å². The molecule has 2 aromatic rings. The van der Waals surface area contributed by atoms with Gasteiger partial charge in [-0.05, 0) is 28.1 Å². The molecule has 2 aromatic heterocycles. The third kappa shape index (κ3) is 3.65. The van der Waals surface area contributed by atoms with Crippen LogP contribution in [-0.2, 0) is 10.0 Å². The van der Waals surface area contributed by atoms with Crippen molar-refractivity contribution in [2.45, 2.75) is 0 Å². The highest BCUT2D eigenvalue weighted by Gasteiger charge is 2.03. The Labute approximate surface area is 113 Å². The second kappa shape index (κ2) is 5.21. The molecule has 0 bridgehead atoms. The summed E-state index contributed by atoms with van der Waals surface area (Å²) in [5, 5.41) is 7.14. The van der Waals surface area contributed by atoms with Gasteiger partial charge in [0.05, 0.1) is 6.26 Å². The molecule has 0 radical (unpaired) electrons. The Morgan fingerprint density at radius 2 is 2.17 bits per heavy atom. The minimum atomic E-state index is -3.15. The number of pyridine rings is 1. The molecule has 0 saturated carbocycles. The fraction of sp³-hybridized carbons (Fsp3) is 0.333. The van der Waals surface area contributed by atoms with E-state index in [2.05, 4.69) is 36.1 Å². The maximum absolute atomic E-state index is 10.8. The molecule has 9 heteroatoms. The molecule has 0 aromatic carbocycles. The first kappa shape index (κ1) is 13.2. The van der Waals surface area contributed by atoms with Gasteiger partial charge in [0, 0.05) is 23.8 Å². The number of halogens is 1. The zero-order valence-corrected chi connectivity index (χ0v) is 12.0. The molecule has 0 aliphatic heterocycles. The highest BCUT2D eigenvalue weighted by molar-refractivity contribution is 9.10. The highest BCUT2D eigenvalue weighted by Crippen LogP contribution is 2.11. The average Bonchev–Trinajstić information content (AvgIpc) is 2.65. The van der Waals surface area contributed by atoms with Crippen molar-refractivity contribution in [3.05, 3.63) is 22.8 Å². The van der Waals surface area contributed by atoms with E-state index in [1.165, 1.54) is 0 Å². The minimum absolute atomic E-state index is 0.290. The first-order valence-electron chi connectivity index (χ1n) is 5.14. The average molecular weight is 334 g/mol. The topological polar surface area (TPSA) is 88.4 Å². The zero-order chi connectivity index (χ0) is 13.2. The Morgan fingerprint density at radius 1 is 1.39 bits per heavy atom. The number of nitrogens with one attached hydrogen (secondary N) is 2. The molecule has 0 spiro atoms. The third-order valence-corrected chi connectivity index (χ3v) is 3.26. The van der Waals surface area contributed by atoms with E-state index in [0.717, 1.165) is 16.4 Å². The van der Waals surface area contributed by atoms with Crippen LogP contribution in [0.15, 0.2) is 22.8 Å². The Hall–Kier alpha value is -1.19. The molecule has 2 heterocycles. The molecule has 98 valence electrons. The summed E-state index contributed by atoms with van der Waals surface area (Å²) < 4.78 is 26.6. The predicted molar refractivity (Wildman–Crippen MR) is 72.0 cm³/mol. The van der Waals surface area contributed by atoms with Gasteiger partial charge in [-0.25, -0.2) is 17.7 Å². The van der Waals surface area contributed by atoms with Crippen molar-refractivity contribution < 1.29 is 8.42 Å². The molecule has 0 aliphatic rings. The van der Waals surface area contributed by atoms with Crippen LogP contribution in [-0.4, -0.2) is 42.4 Å². The van der Waals surface area contributed by atoms with Crippen LogP contribution in [0.25, 0.3) is 5.65 Å². The lowest BCUT2D eigenvalue weighted by molar-refractivity contribution is 0.589. The van der Waals surface area contributed by atoms with Crippen molar-refractivity contribution in [1.29, 1.82) is 0 Å². The molecule has 0 fully saturated rings. The normalized spacial score (nSPS) is 11.9. The Kier molecular flexibility index (Phi) is 3.83. The maximum Gasteiger partial charge on any atom is 0.243 e. The van der Waals surface area contributed by atoms with E-state index in [1.807, 2.05) is 12.1 Å². The Bertz CT molecular complexity index is 654. The van der Waals surface area contributed by atoms with E-state index in [1.54, 1.807) is 10.7 Å². The summed E-state index contributed by atoms with van der Waals surface area (Å²) in [6.07, 6.45) is 2.91. The van der Waals surface area contributed by atoms with Crippen LogP contribution in [0, 0.1) is 0 Å². The quantitative estimate of drug-likeness (QED) is 0.776. The van der Waals surface area contributed by atoms with E-state index >= 15 is 0 Å². The van der Waals surface area contributed by atoms with E-state index in [4.69, 9.17) is 0 Å². The van der Waals surface area contributed by atoms with Gasteiger partial charge in [-0.3, -0.25) is 0 Å². The van der Waals surface area contributed by atoms with Gasteiger partial charge in [-0.2, -0.15) is 4.98 Å². The number of hydrogen-bond donors (Lipinski definition) is 2. The van der Waals surface area contributed by atoms with Gasteiger partial charge in [0.25, 0.3) is 0 Å². The van der Waals surface area contributed by atoms with E-state index in [-0.39, 0.29) is 6.54 Å². The van der Waals surface area contributed by atoms with Crippen LogP contribution in [0.4, 0.5) is 5.95 Å². The number of nitrogens with zero attached hydrogens (tertiary/aromatic N) is 3. The third-order valence-electron chi connectivity index (χ3n) is 2.07. The van der Waals surface area contributed by atoms with Crippen molar-refractivity contribution >= 4 is 37.5 Å². The van der Waals surface area contributed by atoms with Crippen molar-refractivity contribution in [3.63, 3.8) is 0 Å². The monoisotopic (exact) mass is 333 g/mol. The van der Waals surface area contributed by atoms with Crippen LogP contribution in [0.5, 0.6) is 0 Å². The molecular formula is C9H12BrN5O2S. The summed E-state index contributed by atoms with van der Waals surface area (Å²) in [7, 11) is -3.15. The molecule has 0 aliphatic carbocycles. The molecular weight excluding hydrogens is 322 g/mol. The Morgan fingerprint density at radius 3 is 2.89 bits per heavy atom. The van der Waals surface area contributed by atoms with Crippen molar-refractivity contribution in [1.82, 2.24) is 19.3 Å². The van der Waals surface area contributed by atoms with Gasteiger partial charge in [-0.15, -0.1) is 5.10 Å². The predicted octanol–water partition coefficient (Wildman–Crippen LogP) is 0.453. The van der Waals surface area contributed by atoms with E-state index in [0.29, 0.717) is 12.5 Å². The fourth-order valence-electron chi connectivity index (χ4n) is 1.34. The molecule has 2 rings (SSSR count). The Balaban J connectivity index is 1.96. The lowest BCUT2D eigenvalue weighted by Crippen LogP contribution is -2.27. The second-order valence-electron chi connectivity index (χ2n) is 3.68. The number of anilines is 1. The molecule has 18 heavy (non-hydrogen) atoms. The molecule has 0 amide bonds. The number of sulfonamides is 1. The van der Waals surface area contributed by atoms with Crippen LogP contribution in [0.1, 0.15) is 0 Å². The summed E-state index contributed by atoms with van der Waals surface area (Å²) in [6.45, 7) is 0.712. The van der Waals surface area contributed by atoms with Crippen LogP contribution in [0.2, 0.25) is 0 Å². The van der Waals surface area contributed by atoms with Crippen LogP contribution < -0.4 is 10.0 Å². The molecule has 2 N–H and O–H groups in total. The lowest BCUT2D eigenvalue weighted by Gasteiger charge is -2.01. The largest absolute Gasteiger partial charge is 0.352 e. The smallest absolute Gasteiger partial charge is 0.243 e. The zero-order valence-electron chi connectivity index (χ0n) is 9.59. The van der Waals surface area contributed by atoms with E-state index < -0.39 is 10.0 Å². The molecule has 0 saturated heterocycles. The number of aromatic nitrogens is 3. The van der Waals surface area contributed by atoms with Crippen molar-refractivity contribution in [2.75, 3.05) is 24.7 Å². The second-order valence-corrected chi connectivity index (χ2v) is 6.43. The van der Waals surface area contributed by atoms with Gasteiger partial charge < -0.3 is 5.32 Å². The van der Waals surface area contributed by atoms with Gasteiger partial charge in [0.15, 0.2) is 5.65 Å². The van der Waals surface area contributed by atoms with Crippen LogP contribution in [0.3, 0.4) is 0 Å². The first-order valence-corrected chi connectivity index (χ1v) is 7.83. The number of hydrogen-bond acceptors (Lipinski definition) is 5. The van der Waals surface area contributed by atoms with Gasteiger partial charge in [0.1, 0.15) is 0 Å². The highest BCUT2D eigenvalue weighted by atomic mass is 79.9. The minimum Gasteiger partial charge on any atom is -0.352 e. The molecule has 0 unspecified atom stereocenters. The lowest BCUT2D eigenvalue weighted by atomic mass is 10.5. The van der Waals surface area contributed by atoms with Crippen molar-refractivity contribution in [3.8, 4) is 0 Å². The van der Waals surface area contributed by atoms with Gasteiger partial charge >= 0.3 is 0 Å². The summed E-state index contributed by atoms with van der Waals surface area (Å²) in [4.78, 5) is 4.23. The van der Waals surface area contributed by atoms with E-state index in [9.17, 15) is 8.42 Å². The molecule has 7 nitrogen and oxygen atoms in total. The fourth-order valence-corrected chi connectivity index (χ4v) is 2.14.